The van der Waals surface area contributed by atoms with E-state index in [2.05, 4.69) is 5.32 Å². The molecule has 0 saturated heterocycles. The van der Waals surface area contributed by atoms with E-state index in [1.807, 2.05) is 12.1 Å². The Kier molecular flexibility index (Phi) is 7.06. The van der Waals surface area contributed by atoms with Crippen LogP contribution in [0.3, 0.4) is 0 Å². The van der Waals surface area contributed by atoms with Crippen molar-refractivity contribution in [2.45, 2.75) is 25.8 Å². The minimum absolute atomic E-state index is 0.379. The second kappa shape index (κ2) is 8.66. The van der Waals surface area contributed by atoms with Crippen LogP contribution in [-0.2, 0) is 11.3 Å². The molecule has 0 spiro atoms. The summed E-state index contributed by atoms with van der Waals surface area (Å²) in [5.41, 5.74) is 1.21. The molecule has 0 unspecified atom stereocenters. The van der Waals surface area contributed by atoms with Crippen LogP contribution in [0.25, 0.3) is 0 Å². The Hall–Kier alpha value is -1.39. The number of nitrogens with one attached hydrogen (secondary N) is 1. The van der Waals surface area contributed by atoms with Crippen LogP contribution >= 0.6 is 0 Å². The zero-order valence-electron chi connectivity index (χ0n) is 10.8. The normalized spacial score (nSPS) is 10.5. The summed E-state index contributed by atoms with van der Waals surface area (Å²) in [6, 6.07) is 7.10. The quantitative estimate of drug-likeness (QED) is 0.661. The summed E-state index contributed by atoms with van der Waals surface area (Å²) >= 11 is 0. The molecule has 0 aliphatic heterocycles. The number of rotatable bonds is 9. The van der Waals surface area contributed by atoms with Gasteiger partial charge < -0.3 is 15.2 Å². The summed E-state index contributed by atoms with van der Waals surface area (Å²) in [5.74, 6) is -0.868. The van der Waals surface area contributed by atoms with Gasteiger partial charge in [0.15, 0.2) is 0 Å². The smallest absolute Gasteiger partial charge is 0.336 e. The molecular formula is C14H21NO3. The monoisotopic (exact) mass is 251 g/mol. The molecule has 4 nitrogen and oxygen atoms in total. The van der Waals surface area contributed by atoms with Crippen LogP contribution < -0.4 is 5.32 Å². The molecule has 100 valence electrons. The number of aromatic carboxylic acids is 1. The van der Waals surface area contributed by atoms with Crippen LogP contribution in [0, 0.1) is 0 Å². The molecule has 0 aliphatic rings. The third kappa shape index (κ3) is 5.29. The van der Waals surface area contributed by atoms with Crippen molar-refractivity contribution in [3.63, 3.8) is 0 Å². The van der Waals surface area contributed by atoms with Gasteiger partial charge in [-0.25, -0.2) is 4.79 Å². The fraction of sp³-hybridized carbons (Fsp3) is 0.500. The van der Waals surface area contributed by atoms with Crippen LogP contribution in [0.4, 0.5) is 0 Å². The van der Waals surface area contributed by atoms with Gasteiger partial charge in [-0.2, -0.15) is 0 Å². The number of hydrogen-bond acceptors (Lipinski definition) is 3. The van der Waals surface area contributed by atoms with E-state index in [0.717, 1.165) is 38.0 Å². The number of carbonyl (C=O) groups is 1. The maximum Gasteiger partial charge on any atom is 0.336 e. The molecule has 2 N–H and O–H groups in total. The molecule has 0 bridgehead atoms. The lowest BCUT2D eigenvalue weighted by Gasteiger charge is -2.07. The summed E-state index contributed by atoms with van der Waals surface area (Å²) in [7, 11) is 1.71. The van der Waals surface area contributed by atoms with Crippen molar-refractivity contribution in [1.82, 2.24) is 5.32 Å². The van der Waals surface area contributed by atoms with Gasteiger partial charge in [0.2, 0.25) is 0 Å². The van der Waals surface area contributed by atoms with Gasteiger partial charge in [-0.3, -0.25) is 0 Å². The van der Waals surface area contributed by atoms with Crippen molar-refractivity contribution < 1.29 is 14.6 Å². The van der Waals surface area contributed by atoms with E-state index < -0.39 is 5.97 Å². The van der Waals surface area contributed by atoms with E-state index in [1.165, 1.54) is 0 Å². The standard InChI is InChI=1S/C14H21NO3/c1-18-10-6-2-5-9-15-11-12-7-3-4-8-13(12)14(16)17/h3-4,7-8,15H,2,5-6,9-11H2,1H3,(H,16,17). The molecule has 1 aromatic rings. The van der Waals surface area contributed by atoms with Crippen LogP contribution in [-0.4, -0.2) is 31.3 Å². The summed E-state index contributed by atoms with van der Waals surface area (Å²) in [6.45, 7) is 2.31. The molecule has 0 amide bonds. The van der Waals surface area contributed by atoms with Crippen molar-refractivity contribution in [3.8, 4) is 0 Å². The number of methoxy groups -OCH3 is 1. The zero-order valence-corrected chi connectivity index (χ0v) is 10.8. The van der Waals surface area contributed by atoms with Crippen molar-refractivity contribution in [1.29, 1.82) is 0 Å². The maximum absolute atomic E-state index is 11.0. The number of ether oxygens (including phenoxy) is 1. The number of benzene rings is 1. The molecule has 0 radical (unpaired) electrons. The minimum Gasteiger partial charge on any atom is -0.478 e. The van der Waals surface area contributed by atoms with Gasteiger partial charge in [-0.1, -0.05) is 18.2 Å². The fourth-order valence-electron chi connectivity index (χ4n) is 1.78. The highest BCUT2D eigenvalue weighted by Gasteiger charge is 2.07. The lowest BCUT2D eigenvalue weighted by Crippen LogP contribution is -2.17. The third-order valence-corrected chi connectivity index (χ3v) is 2.77. The Labute approximate surface area is 108 Å². The average Bonchev–Trinajstić information content (AvgIpc) is 2.38. The Morgan fingerprint density at radius 2 is 2.06 bits per heavy atom. The fourth-order valence-corrected chi connectivity index (χ4v) is 1.78. The molecule has 4 heteroatoms. The Bertz CT molecular complexity index is 366. The van der Waals surface area contributed by atoms with Crippen molar-refractivity contribution in [2.75, 3.05) is 20.3 Å². The van der Waals surface area contributed by atoms with Crippen LogP contribution in [0.5, 0.6) is 0 Å². The van der Waals surface area contributed by atoms with E-state index in [0.29, 0.717) is 12.1 Å². The zero-order chi connectivity index (χ0) is 13.2. The molecular weight excluding hydrogens is 230 g/mol. The average molecular weight is 251 g/mol. The molecule has 1 aromatic carbocycles. The van der Waals surface area contributed by atoms with Gasteiger partial charge in [0.25, 0.3) is 0 Å². The highest BCUT2D eigenvalue weighted by molar-refractivity contribution is 5.89. The van der Waals surface area contributed by atoms with Crippen molar-refractivity contribution >= 4 is 5.97 Å². The summed E-state index contributed by atoms with van der Waals surface area (Å²) < 4.78 is 4.97. The first kappa shape index (κ1) is 14.7. The highest BCUT2D eigenvalue weighted by Crippen LogP contribution is 2.08. The molecule has 0 saturated carbocycles. The van der Waals surface area contributed by atoms with Crippen LogP contribution in [0.2, 0.25) is 0 Å². The van der Waals surface area contributed by atoms with Gasteiger partial charge in [-0.05, 0) is 37.4 Å². The van der Waals surface area contributed by atoms with Gasteiger partial charge >= 0.3 is 5.97 Å². The Morgan fingerprint density at radius 3 is 2.78 bits per heavy atom. The van der Waals surface area contributed by atoms with E-state index in [-0.39, 0.29) is 0 Å². The summed E-state index contributed by atoms with van der Waals surface area (Å²) in [5, 5.41) is 12.3. The van der Waals surface area contributed by atoms with Crippen LogP contribution in [0.15, 0.2) is 24.3 Å². The lowest BCUT2D eigenvalue weighted by atomic mass is 10.1. The molecule has 1 rings (SSSR count). The van der Waals surface area contributed by atoms with Gasteiger partial charge in [0.05, 0.1) is 5.56 Å². The number of carboxylic acid groups (broad SMARTS) is 1. The van der Waals surface area contributed by atoms with E-state index in [1.54, 1.807) is 19.2 Å². The second-order valence-corrected chi connectivity index (χ2v) is 4.19. The molecule has 0 aromatic heterocycles. The number of carboxylic acids is 1. The molecule has 18 heavy (non-hydrogen) atoms. The third-order valence-electron chi connectivity index (χ3n) is 2.77. The van der Waals surface area contributed by atoms with E-state index >= 15 is 0 Å². The highest BCUT2D eigenvalue weighted by atomic mass is 16.5. The maximum atomic E-state index is 11.0. The molecule has 0 aliphatic carbocycles. The molecule has 0 fully saturated rings. The topological polar surface area (TPSA) is 58.6 Å². The first-order chi connectivity index (χ1) is 8.75. The van der Waals surface area contributed by atoms with Gasteiger partial charge in [0, 0.05) is 20.3 Å². The predicted octanol–water partition coefficient (Wildman–Crippen LogP) is 2.29. The van der Waals surface area contributed by atoms with Gasteiger partial charge in [-0.15, -0.1) is 0 Å². The number of unbranched alkanes of at least 4 members (excludes halogenated alkanes) is 2. The first-order valence-electron chi connectivity index (χ1n) is 6.26. The van der Waals surface area contributed by atoms with Gasteiger partial charge in [0.1, 0.15) is 0 Å². The summed E-state index contributed by atoms with van der Waals surface area (Å²) in [6.07, 6.45) is 3.28. The SMILES string of the molecule is COCCCCCNCc1ccccc1C(=O)O. The first-order valence-corrected chi connectivity index (χ1v) is 6.26. The lowest BCUT2D eigenvalue weighted by molar-refractivity contribution is 0.0695. The largest absolute Gasteiger partial charge is 0.478 e. The summed E-state index contributed by atoms with van der Waals surface area (Å²) in [4.78, 5) is 11.0. The molecule has 0 heterocycles. The Morgan fingerprint density at radius 1 is 1.28 bits per heavy atom. The second-order valence-electron chi connectivity index (χ2n) is 4.19. The van der Waals surface area contributed by atoms with E-state index in [4.69, 9.17) is 9.84 Å². The van der Waals surface area contributed by atoms with Crippen molar-refractivity contribution in [3.05, 3.63) is 35.4 Å². The molecule has 0 atom stereocenters. The Balaban J connectivity index is 2.25. The predicted molar refractivity (Wildman–Crippen MR) is 70.8 cm³/mol. The van der Waals surface area contributed by atoms with Crippen molar-refractivity contribution in [2.24, 2.45) is 0 Å². The minimum atomic E-state index is -0.868. The van der Waals surface area contributed by atoms with Crippen LogP contribution in [0.1, 0.15) is 35.2 Å². The number of hydrogen-bond donors (Lipinski definition) is 2. The van der Waals surface area contributed by atoms with E-state index in [9.17, 15) is 4.79 Å².